The van der Waals surface area contributed by atoms with E-state index in [-0.39, 0.29) is 16.6 Å². The van der Waals surface area contributed by atoms with Gasteiger partial charge in [0.25, 0.3) is 0 Å². The first-order valence-electron chi connectivity index (χ1n) is 5.23. The second-order valence-corrected chi connectivity index (χ2v) is 5.66. The van der Waals surface area contributed by atoms with Crippen molar-refractivity contribution in [3.8, 4) is 0 Å². The molecule has 0 aliphatic carbocycles. The van der Waals surface area contributed by atoms with Crippen molar-refractivity contribution in [2.24, 2.45) is 0 Å². The van der Waals surface area contributed by atoms with Crippen LogP contribution >= 0.6 is 34.5 Å². The molecule has 1 N–H and O–H groups in total. The maximum atomic E-state index is 5.72. The summed E-state index contributed by atoms with van der Waals surface area (Å²) in [5.41, 5.74) is 1.00. The molecule has 2 heterocycles. The van der Waals surface area contributed by atoms with Crippen LogP contribution in [0.3, 0.4) is 0 Å². The number of halogens is 2. The second-order valence-electron chi connectivity index (χ2n) is 3.75. The van der Waals surface area contributed by atoms with Gasteiger partial charge in [0, 0.05) is 4.88 Å². The van der Waals surface area contributed by atoms with Gasteiger partial charge in [0.1, 0.15) is 0 Å². The van der Waals surface area contributed by atoms with Crippen molar-refractivity contribution in [3.63, 3.8) is 0 Å². The fraction of sp³-hybridized carbons (Fsp3) is 0.400. The van der Waals surface area contributed by atoms with Gasteiger partial charge in [-0.25, -0.2) is 4.98 Å². The standard InChI is InChI=1S/C10H11Cl2N5S/c1-4-7(18-6(3)13-4)5(2)14-10-16-8(11)15-9(12)17-10/h5H,1-3H3,(H,14,15,16,17). The lowest BCUT2D eigenvalue weighted by molar-refractivity contribution is 0.858. The fourth-order valence-electron chi connectivity index (χ4n) is 1.60. The van der Waals surface area contributed by atoms with Crippen LogP contribution < -0.4 is 5.32 Å². The zero-order valence-electron chi connectivity index (χ0n) is 10.0. The van der Waals surface area contributed by atoms with E-state index in [1.165, 1.54) is 0 Å². The Hall–Kier alpha value is -0.980. The van der Waals surface area contributed by atoms with E-state index in [4.69, 9.17) is 23.2 Å². The summed E-state index contributed by atoms with van der Waals surface area (Å²) in [6.07, 6.45) is 0. The maximum absolute atomic E-state index is 5.72. The number of nitrogens with one attached hydrogen (secondary N) is 1. The highest BCUT2D eigenvalue weighted by Gasteiger charge is 2.14. The predicted molar refractivity (Wildman–Crippen MR) is 73.5 cm³/mol. The molecule has 8 heteroatoms. The minimum atomic E-state index is 0.0331. The van der Waals surface area contributed by atoms with Gasteiger partial charge in [0.2, 0.25) is 16.5 Å². The zero-order valence-corrected chi connectivity index (χ0v) is 12.4. The topological polar surface area (TPSA) is 63.6 Å². The van der Waals surface area contributed by atoms with Gasteiger partial charge in [-0.15, -0.1) is 11.3 Å². The van der Waals surface area contributed by atoms with Gasteiger partial charge in [0.15, 0.2) is 0 Å². The van der Waals surface area contributed by atoms with Crippen LogP contribution in [0.25, 0.3) is 0 Å². The lowest BCUT2D eigenvalue weighted by atomic mass is 10.2. The molecule has 0 spiro atoms. The molecule has 1 unspecified atom stereocenters. The maximum Gasteiger partial charge on any atom is 0.228 e. The SMILES string of the molecule is Cc1nc(C)c(C(C)Nc2nc(Cl)nc(Cl)n2)s1. The number of thiazole rings is 1. The third-order valence-electron chi connectivity index (χ3n) is 2.26. The summed E-state index contributed by atoms with van der Waals surface area (Å²) in [5.74, 6) is 0.359. The summed E-state index contributed by atoms with van der Waals surface area (Å²) in [5, 5.41) is 4.31. The molecule has 2 aromatic rings. The predicted octanol–water partition coefficient (Wildman–Crippen LogP) is 3.42. The Kier molecular flexibility index (Phi) is 3.99. The number of rotatable bonds is 3. The molecule has 18 heavy (non-hydrogen) atoms. The molecule has 1 atom stereocenters. The first-order chi connectivity index (χ1) is 8.45. The van der Waals surface area contributed by atoms with E-state index in [0.29, 0.717) is 5.95 Å². The third kappa shape index (κ3) is 3.07. The number of aromatic nitrogens is 4. The van der Waals surface area contributed by atoms with Crippen molar-refractivity contribution >= 4 is 40.5 Å². The average molecular weight is 304 g/mol. The molecule has 5 nitrogen and oxygen atoms in total. The Bertz CT molecular complexity index is 551. The van der Waals surface area contributed by atoms with Gasteiger partial charge < -0.3 is 5.32 Å². The highest BCUT2D eigenvalue weighted by atomic mass is 35.5. The molecule has 96 valence electrons. The molecule has 0 aromatic carbocycles. The number of aryl methyl sites for hydroxylation is 2. The Morgan fingerprint density at radius 2 is 1.67 bits per heavy atom. The Balaban J connectivity index is 2.20. The minimum Gasteiger partial charge on any atom is -0.347 e. The van der Waals surface area contributed by atoms with Crippen LogP contribution in [0.4, 0.5) is 5.95 Å². The van der Waals surface area contributed by atoms with Crippen LogP contribution in [-0.2, 0) is 0 Å². The molecule has 2 aromatic heterocycles. The number of anilines is 1. The Morgan fingerprint density at radius 1 is 1.06 bits per heavy atom. The van der Waals surface area contributed by atoms with Crippen LogP contribution in [0.1, 0.15) is 28.5 Å². The van der Waals surface area contributed by atoms with Crippen LogP contribution in [-0.4, -0.2) is 19.9 Å². The van der Waals surface area contributed by atoms with Gasteiger partial charge in [-0.05, 0) is 44.0 Å². The molecule has 0 saturated heterocycles. The van der Waals surface area contributed by atoms with E-state index in [1.807, 2.05) is 20.8 Å². The molecule has 2 rings (SSSR count). The fourth-order valence-corrected chi connectivity index (χ4v) is 2.89. The smallest absolute Gasteiger partial charge is 0.228 e. The number of hydrogen-bond acceptors (Lipinski definition) is 6. The molecule has 0 bridgehead atoms. The van der Waals surface area contributed by atoms with Crippen LogP contribution in [0.5, 0.6) is 0 Å². The lowest BCUT2D eigenvalue weighted by Gasteiger charge is -2.12. The van der Waals surface area contributed by atoms with Gasteiger partial charge >= 0.3 is 0 Å². The molecule has 0 radical (unpaired) electrons. The highest BCUT2D eigenvalue weighted by Crippen LogP contribution is 2.26. The van der Waals surface area contributed by atoms with Crippen LogP contribution in [0.2, 0.25) is 10.6 Å². The summed E-state index contributed by atoms with van der Waals surface area (Å²) in [4.78, 5) is 17.2. The second kappa shape index (κ2) is 5.34. The summed E-state index contributed by atoms with van der Waals surface area (Å²) in [6.45, 7) is 5.96. The minimum absolute atomic E-state index is 0.0331. The van der Waals surface area contributed by atoms with Crippen molar-refractivity contribution < 1.29 is 0 Å². The van der Waals surface area contributed by atoms with Crippen molar-refractivity contribution in [3.05, 3.63) is 26.1 Å². The van der Waals surface area contributed by atoms with Crippen molar-refractivity contribution in [1.82, 2.24) is 19.9 Å². The van der Waals surface area contributed by atoms with Crippen molar-refractivity contribution in [1.29, 1.82) is 0 Å². The first kappa shape index (κ1) is 13.5. The molecule has 0 aliphatic heterocycles. The van der Waals surface area contributed by atoms with E-state index in [0.717, 1.165) is 15.6 Å². The molecule has 0 saturated carbocycles. The highest BCUT2D eigenvalue weighted by molar-refractivity contribution is 7.11. The molecular weight excluding hydrogens is 293 g/mol. The Morgan fingerprint density at radius 3 is 2.17 bits per heavy atom. The number of nitrogens with zero attached hydrogens (tertiary/aromatic N) is 4. The summed E-state index contributed by atoms with van der Waals surface area (Å²) < 4.78 is 0. The quantitative estimate of drug-likeness (QED) is 0.941. The van der Waals surface area contributed by atoms with E-state index in [9.17, 15) is 0 Å². The normalized spacial score (nSPS) is 12.5. The van der Waals surface area contributed by atoms with E-state index in [1.54, 1.807) is 11.3 Å². The monoisotopic (exact) mass is 303 g/mol. The van der Waals surface area contributed by atoms with E-state index in [2.05, 4.69) is 25.3 Å². The number of hydrogen-bond donors (Lipinski definition) is 1. The molecule has 0 fully saturated rings. The van der Waals surface area contributed by atoms with Crippen LogP contribution in [0, 0.1) is 13.8 Å². The summed E-state index contributed by atoms with van der Waals surface area (Å²) in [6, 6.07) is 0.0331. The van der Waals surface area contributed by atoms with Gasteiger partial charge in [-0.3, -0.25) is 0 Å². The lowest BCUT2D eigenvalue weighted by Crippen LogP contribution is -2.10. The van der Waals surface area contributed by atoms with E-state index >= 15 is 0 Å². The zero-order chi connectivity index (χ0) is 13.3. The molecule has 0 amide bonds. The van der Waals surface area contributed by atoms with Crippen molar-refractivity contribution in [2.75, 3.05) is 5.32 Å². The van der Waals surface area contributed by atoms with Gasteiger partial charge in [-0.2, -0.15) is 15.0 Å². The van der Waals surface area contributed by atoms with Crippen molar-refractivity contribution in [2.45, 2.75) is 26.8 Å². The average Bonchev–Trinajstić information content (AvgIpc) is 2.56. The summed E-state index contributed by atoms with van der Waals surface area (Å²) >= 11 is 13.1. The van der Waals surface area contributed by atoms with Crippen LogP contribution in [0.15, 0.2) is 0 Å². The largest absolute Gasteiger partial charge is 0.347 e. The molecular formula is C10H11Cl2N5S. The van der Waals surface area contributed by atoms with E-state index < -0.39 is 0 Å². The van der Waals surface area contributed by atoms with Gasteiger partial charge in [0.05, 0.1) is 16.7 Å². The third-order valence-corrected chi connectivity index (χ3v) is 3.85. The summed E-state index contributed by atoms with van der Waals surface area (Å²) in [7, 11) is 0. The first-order valence-corrected chi connectivity index (χ1v) is 6.80. The molecule has 0 aliphatic rings. The Labute approximate surface area is 119 Å². The van der Waals surface area contributed by atoms with Gasteiger partial charge in [-0.1, -0.05) is 0 Å².